The van der Waals surface area contributed by atoms with E-state index in [0.717, 1.165) is 50.7 Å². The molecule has 2 heterocycles. The van der Waals surface area contributed by atoms with Gasteiger partial charge in [-0.25, -0.2) is 0 Å². The summed E-state index contributed by atoms with van der Waals surface area (Å²) >= 11 is 0. The smallest absolute Gasteiger partial charge is 0.151 e. The Morgan fingerprint density at radius 2 is 2.37 bits per heavy atom. The summed E-state index contributed by atoms with van der Waals surface area (Å²) in [5, 5.41) is 7.58. The van der Waals surface area contributed by atoms with Crippen molar-refractivity contribution in [3.8, 4) is 0 Å². The Labute approximate surface area is 114 Å². The lowest BCUT2D eigenvalue weighted by Crippen LogP contribution is -2.29. The van der Waals surface area contributed by atoms with E-state index in [-0.39, 0.29) is 0 Å². The zero-order valence-corrected chi connectivity index (χ0v) is 11.6. The lowest BCUT2D eigenvalue weighted by atomic mass is 10.3. The summed E-state index contributed by atoms with van der Waals surface area (Å²) in [6, 6.07) is 2.79. The van der Waals surface area contributed by atoms with Crippen molar-refractivity contribution in [1.29, 1.82) is 0 Å². The molecule has 106 valence electrons. The highest BCUT2D eigenvalue weighted by Gasteiger charge is 2.21. The van der Waals surface area contributed by atoms with Crippen molar-refractivity contribution < 1.29 is 9.26 Å². The summed E-state index contributed by atoms with van der Waals surface area (Å²) in [5.41, 5.74) is 1.01. The molecular formula is C14H23N3O2. The van der Waals surface area contributed by atoms with Crippen LogP contribution in [0.15, 0.2) is 10.6 Å². The van der Waals surface area contributed by atoms with Gasteiger partial charge in [-0.2, -0.15) is 0 Å². The van der Waals surface area contributed by atoms with Crippen LogP contribution in [0.3, 0.4) is 0 Å². The average molecular weight is 265 g/mol. The van der Waals surface area contributed by atoms with Crippen LogP contribution in [0.5, 0.6) is 0 Å². The standard InChI is InChI=1S/C14H23N3O2/c1-11-9-17(5-2-6-18-11)10-14-7-13(16-19-14)8-15-12-3-4-12/h7,11-12,15H,2-6,8-10H2,1H3. The number of hydrogen-bond donors (Lipinski definition) is 1. The molecule has 1 atom stereocenters. The van der Waals surface area contributed by atoms with Gasteiger partial charge in [0.1, 0.15) is 0 Å². The predicted octanol–water partition coefficient (Wildman–Crippen LogP) is 1.54. The van der Waals surface area contributed by atoms with Crippen LogP contribution in [-0.2, 0) is 17.8 Å². The second-order valence-corrected chi connectivity index (χ2v) is 5.71. The summed E-state index contributed by atoms with van der Waals surface area (Å²) in [6.45, 7) is 6.70. The van der Waals surface area contributed by atoms with Gasteiger partial charge in [-0.15, -0.1) is 0 Å². The fraction of sp³-hybridized carbons (Fsp3) is 0.786. The Morgan fingerprint density at radius 1 is 1.47 bits per heavy atom. The van der Waals surface area contributed by atoms with Crippen LogP contribution in [0.2, 0.25) is 0 Å². The first-order valence-corrected chi connectivity index (χ1v) is 7.31. The summed E-state index contributed by atoms with van der Waals surface area (Å²) in [7, 11) is 0. The molecule has 0 spiro atoms. The molecule has 0 amide bonds. The van der Waals surface area contributed by atoms with E-state index in [1.54, 1.807) is 0 Å². The van der Waals surface area contributed by atoms with E-state index in [1.165, 1.54) is 12.8 Å². The van der Waals surface area contributed by atoms with E-state index in [9.17, 15) is 0 Å². The molecule has 1 unspecified atom stereocenters. The normalized spacial score (nSPS) is 25.4. The lowest BCUT2D eigenvalue weighted by molar-refractivity contribution is 0.0655. The molecule has 1 N–H and O–H groups in total. The van der Waals surface area contributed by atoms with Crippen molar-refractivity contribution in [1.82, 2.24) is 15.4 Å². The number of ether oxygens (including phenoxy) is 1. The average Bonchev–Trinajstić information content (AvgIpc) is 3.15. The van der Waals surface area contributed by atoms with Gasteiger partial charge >= 0.3 is 0 Å². The van der Waals surface area contributed by atoms with Gasteiger partial charge in [0.2, 0.25) is 0 Å². The summed E-state index contributed by atoms with van der Waals surface area (Å²) in [5.74, 6) is 0.960. The van der Waals surface area contributed by atoms with Crippen LogP contribution < -0.4 is 5.32 Å². The molecule has 0 aromatic carbocycles. The van der Waals surface area contributed by atoms with E-state index in [2.05, 4.69) is 28.4 Å². The van der Waals surface area contributed by atoms with Gasteiger partial charge in [-0.1, -0.05) is 5.16 Å². The predicted molar refractivity (Wildman–Crippen MR) is 71.7 cm³/mol. The SMILES string of the molecule is CC1CN(Cc2cc(CNC3CC3)no2)CCCO1. The van der Waals surface area contributed by atoms with Gasteiger partial charge in [0.05, 0.1) is 18.3 Å². The number of nitrogens with one attached hydrogen (secondary N) is 1. The van der Waals surface area contributed by atoms with Crippen molar-refractivity contribution in [2.24, 2.45) is 0 Å². The van der Waals surface area contributed by atoms with E-state index in [4.69, 9.17) is 9.26 Å². The summed E-state index contributed by atoms with van der Waals surface area (Å²) in [6.07, 6.45) is 4.00. The number of nitrogens with zero attached hydrogens (tertiary/aromatic N) is 2. The minimum Gasteiger partial charge on any atom is -0.377 e. The van der Waals surface area contributed by atoms with Crippen LogP contribution >= 0.6 is 0 Å². The second-order valence-electron chi connectivity index (χ2n) is 5.71. The number of hydrogen-bond acceptors (Lipinski definition) is 5. The zero-order valence-electron chi connectivity index (χ0n) is 11.6. The molecule has 1 aromatic heterocycles. The van der Waals surface area contributed by atoms with E-state index >= 15 is 0 Å². The van der Waals surface area contributed by atoms with Gasteiger partial charge in [0.15, 0.2) is 5.76 Å². The van der Waals surface area contributed by atoms with Gasteiger partial charge in [-0.3, -0.25) is 4.90 Å². The monoisotopic (exact) mass is 265 g/mol. The van der Waals surface area contributed by atoms with E-state index in [0.29, 0.717) is 12.1 Å². The van der Waals surface area contributed by atoms with Crippen molar-refractivity contribution in [2.45, 2.75) is 51.4 Å². The maximum Gasteiger partial charge on any atom is 0.151 e. The molecular weight excluding hydrogens is 242 g/mol. The Kier molecular flexibility index (Phi) is 4.15. The highest BCUT2D eigenvalue weighted by atomic mass is 16.5. The van der Waals surface area contributed by atoms with Gasteiger partial charge in [-0.05, 0) is 26.2 Å². The highest BCUT2D eigenvalue weighted by Crippen LogP contribution is 2.19. The van der Waals surface area contributed by atoms with Crippen molar-refractivity contribution in [3.05, 3.63) is 17.5 Å². The lowest BCUT2D eigenvalue weighted by Gasteiger charge is -2.19. The highest BCUT2D eigenvalue weighted by molar-refractivity contribution is 5.06. The van der Waals surface area contributed by atoms with Gasteiger partial charge < -0.3 is 14.6 Å². The molecule has 3 rings (SSSR count). The Morgan fingerprint density at radius 3 is 3.21 bits per heavy atom. The maximum absolute atomic E-state index is 5.65. The van der Waals surface area contributed by atoms with Crippen molar-refractivity contribution in [2.75, 3.05) is 19.7 Å². The minimum absolute atomic E-state index is 0.307. The molecule has 0 bridgehead atoms. The third kappa shape index (κ3) is 4.03. The topological polar surface area (TPSA) is 50.5 Å². The van der Waals surface area contributed by atoms with Crippen LogP contribution in [0, 0.1) is 0 Å². The molecule has 1 saturated carbocycles. The summed E-state index contributed by atoms with van der Waals surface area (Å²) in [4.78, 5) is 2.39. The molecule has 1 saturated heterocycles. The molecule has 5 nitrogen and oxygen atoms in total. The van der Waals surface area contributed by atoms with Crippen LogP contribution in [0.25, 0.3) is 0 Å². The molecule has 0 radical (unpaired) electrons. The van der Waals surface area contributed by atoms with Gasteiger partial charge in [0, 0.05) is 38.3 Å². The van der Waals surface area contributed by atoms with Crippen LogP contribution in [0.1, 0.15) is 37.6 Å². The molecule has 5 heteroatoms. The number of aromatic nitrogens is 1. The molecule has 2 aliphatic rings. The zero-order chi connectivity index (χ0) is 13.1. The van der Waals surface area contributed by atoms with Crippen molar-refractivity contribution >= 4 is 0 Å². The third-order valence-corrected chi connectivity index (χ3v) is 3.67. The third-order valence-electron chi connectivity index (χ3n) is 3.67. The molecule has 2 fully saturated rings. The van der Waals surface area contributed by atoms with E-state index in [1.807, 2.05) is 0 Å². The number of rotatable bonds is 5. The largest absolute Gasteiger partial charge is 0.377 e. The molecule has 1 aliphatic carbocycles. The molecule has 1 aliphatic heterocycles. The van der Waals surface area contributed by atoms with Crippen LogP contribution in [0.4, 0.5) is 0 Å². The molecule has 19 heavy (non-hydrogen) atoms. The maximum atomic E-state index is 5.65. The Balaban J connectivity index is 1.50. The quantitative estimate of drug-likeness (QED) is 0.875. The summed E-state index contributed by atoms with van der Waals surface area (Å²) < 4.78 is 11.1. The first-order valence-electron chi connectivity index (χ1n) is 7.31. The van der Waals surface area contributed by atoms with Crippen molar-refractivity contribution in [3.63, 3.8) is 0 Å². The minimum atomic E-state index is 0.307. The van der Waals surface area contributed by atoms with E-state index < -0.39 is 0 Å². The fourth-order valence-corrected chi connectivity index (χ4v) is 2.49. The Bertz CT molecular complexity index is 403. The first-order chi connectivity index (χ1) is 9.29. The van der Waals surface area contributed by atoms with Crippen LogP contribution in [-0.4, -0.2) is 41.9 Å². The fourth-order valence-electron chi connectivity index (χ4n) is 2.49. The first kappa shape index (κ1) is 13.1. The second kappa shape index (κ2) is 6.03. The molecule has 1 aromatic rings. The van der Waals surface area contributed by atoms with Gasteiger partial charge in [0.25, 0.3) is 0 Å². The Hall–Kier alpha value is -0.910.